The lowest BCUT2D eigenvalue weighted by Crippen LogP contribution is -2.40. The number of carbonyl (C=O) groups excluding carboxylic acids is 2. The Kier molecular flexibility index (Phi) is 8.41. The predicted octanol–water partition coefficient (Wildman–Crippen LogP) is 2.60. The molecule has 0 saturated carbocycles. The molecule has 0 spiro atoms. The zero-order valence-corrected chi connectivity index (χ0v) is 15.4. The minimum absolute atomic E-state index is 0.121. The minimum atomic E-state index is -4.72. The number of carbonyl (C=O) groups is 2. The molecule has 0 aliphatic rings. The van der Waals surface area contributed by atoms with E-state index in [0.717, 1.165) is 12.8 Å². The van der Waals surface area contributed by atoms with Gasteiger partial charge in [0.1, 0.15) is 0 Å². The van der Waals surface area contributed by atoms with E-state index in [1.54, 1.807) is 0 Å². The molecular formula is C16H24F3N5O3. The molecule has 1 unspecified atom stereocenters. The molecule has 0 aromatic carbocycles. The summed E-state index contributed by atoms with van der Waals surface area (Å²) in [5.41, 5.74) is 5.16. The van der Waals surface area contributed by atoms with Gasteiger partial charge >= 0.3 is 6.18 Å². The van der Waals surface area contributed by atoms with E-state index in [4.69, 9.17) is 0 Å². The molecule has 2 amide bonds. The van der Waals surface area contributed by atoms with Gasteiger partial charge in [0.2, 0.25) is 18.1 Å². The Morgan fingerprint density at radius 3 is 2.52 bits per heavy atom. The molecule has 1 heterocycles. The number of hydrogen-bond donors (Lipinski definition) is 3. The second-order valence-corrected chi connectivity index (χ2v) is 6.14. The molecule has 0 bridgehead atoms. The van der Waals surface area contributed by atoms with Crippen LogP contribution in [0.2, 0.25) is 0 Å². The van der Waals surface area contributed by atoms with Crippen molar-refractivity contribution < 1.29 is 28.0 Å². The normalized spacial score (nSPS) is 12.4. The number of hydroxylamine groups is 2. The van der Waals surface area contributed by atoms with Crippen molar-refractivity contribution in [2.24, 2.45) is 5.92 Å². The van der Waals surface area contributed by atoms with Gasteiger partial charge in [-0.05, 0) is 20.3 Å². The van der Waals surface area contributed by atoms with Crippen LogP contribution < -0.4 is 10.9 Å². The number of alkyl halides is 3. The highest BCUT2D eigenvalue weighted by Gasteiger charge is 2.35. The molecular weight excluding hydrogens is 367 g/mol. The van der Waals surface area contributed by atoms with Crippen LogP contribution in [0.5, 0.6) is 0 Å². The van der Waals surface area contributed by atoms with Crippen molar-refractivity contribution in [3.05, 3.63) is 17.1 Å². The van der Waals surface area contributed by atoms with E-state index >= 15 is 0 Å². The lowest BCUT2D eigenvalue weighted by Gasteiger charge is -2.20. The Morgan fingerprint density at radius 2 is 1.96 bits per heavy atom. The number of halogens is 3. The van der Waals surface area contributed by atoms with E-state index in [-0.39, 0.29) is 24.5 Å². The molecule has 27 heavy (non-hydrogen) atoms. The Hall–Kier alpha value is -2.43. The first-order chi connectivity index (χ1) is 12.6. The molecule has 0 radical (unpaired) electrons. The van der Waals surface area contributed by atoms with Gasteiger partial charge in [0.25, 0.3) is 0 Å². The number of nitrogens with one attached hydrogen (secondary N) is 2. The van der Waals surface area contributed by atoms with Crippen molar-refractivity contribution in [2.75, 3.05) is 12.0 Å². The number of nitrogens with zero attached hydrogens (tertiary/aromatic N) is 3. The summed E-state index contributed by atoms with van der Waals surface area (Å²) in [7, 11) is 0. The van der Waals surface area contributed by atoms with Crippen molar-refractivity contribution in [2.45, 2.75) is 52.6 Å². The SMILES string of the molecule is CCCCCC(CN(O)C=O)C(=O)NNc1nc(C(F)(F)F)nc(C)c1C. The van der Waals surface area contributed by atoms with Gasteiger partial charge in [-0.25, -0.2) is 15.0 Å². The number of unbranched alkanes of at least 4 members (excludes halogenated alkanes) is 2. The minimum Gasteiger partial charge on any atom is -0.286 e. The summed E-state index contributed by atoms with van der Waals surface area (Å²) in [6, 6.07) is 0. The molecule has 1 aromatic rings. The lowest BCUT2D eigenvalue weighted by molar-refractivity contribution is -0.154. The quantitative estimate of drug-likeness (QED) is 0.245. The van der Waals surface area contributed by atoms with E-state index < -0.39 is 23.8 Å². The lowest BCUT2D eigenvalue weighted by atomic mass is 10.0. The molecule has 0 aliphatic heterocycles. The summed E-state index contributed by atoms with van der Waals surface area (Å²) in [5, 5.41) is 9.70. The van der Waals surface area contributed by atoms with Crippen LogP contribution in [-0.2, 0) is 15.8 Å². The van der Waals surface area contributed by atoms with Crippen molar-refractivity contribution in [3.8, 4) is 0 Å². The highest BCUT2D eigenvalue weighted by Crippen LogP contribution is 2.28. The number of hydrazine groups is 1. The number of anilines is 1. The third-order valence-electron chi connectivity index (χ3n) is 4.00. The maximum Gasteiger partial charge on any atom is 0.451 e. The number of aryl methyl sites for hydroxylation is 1. The fourth-order valence-corrected chi connectivity index (χ4v) is 2.32. The molecule has 8 nitrogen and oxygen atoms in total. The van der Waals surface area contributed by atoms with Crippen LogP contribution in [0, 0.1) is 19.8 Å². The van der Waals surface area contributed by atoms with Gasteiger partial charge in [-0.3, -0.25) is 25.6 Å². The van der Waals surface area contributed by atoms with Crippen LogP contribution in [-0.4, -0.2) is 39.1 Å². The van der Waals surface area contributed by atoms with E-state index in [1.807, 2.05) is 6.92 Å². The molecule has 0 fully saturated rings. The van der Waals surface area contributed by atoms with Crippen LogP contribution >= 0.6 is 0 Å². The van der Waals surface area contributed by atoms with Gasteiger partial charge in [0, 0.05) is 11.3 Å². The predicted molar refractivity (Wildman–Crippen MR) is 90.5 cm³/mol. The van der Waals surface area contributed by atoms with Gasteiger partial charge in [0.15, 0.2) is 5.82 Å². The zero-order chi connectivity index (χ0) is 20.6. The summed E-state index contributed by atoms with van der Waals surface area (Å²) in [4.78, 5) is 29.7. The Balaban J connectivity index is 2.87. The van der Waals surface area contributed by atoms with Crippen LogP contribution in [0.1, 0.15) is 49.7 Å². The maximum absolute atomic E-state index is 12.9. The smallest absolute Gasteiger partial charge is 0.286 e. The average molecular weight is 391 g/mol. The van der Waals surface area contributed by atoms with Crippen molar-refractivity contribution in [1.82, 2.24) is 20.5 Å². The first-order valence-corrected chi connectivity index (χ1v) is 8.49. The number of aromatic nitrogens is 2. The molecule has 152 valence electrons. The summed E-state index contributed by atoms with van der Waals surface area (Å²) < 4.78 is 38.6. The highest BCUT2D eigenvalue weighted by atomic mass is 19.4. The molecule has 11 heteroatoms. The molecule has 1 aromatic heterocycles. The fourth-order valence-electron chi connectivity index (χ4n) is 2.32. The van der Waals surface area contributed by atoms with Gasteiger partial charge < -0.3 is 0 Å². The molecule has 3 N–H and O–H groups in total. The first-order valence-electron chi connectivity index (χ1n) is 8.49. The standard InChI is InChI=1S/C16H24F3N5O3/c1-4-5-6-7-12(8-24(27)9-25)14(26)23-22-13-10(2)11(3)20-15(21-13)16(17,18)19/h9,12,27H,4-8H2,1-3H3,(H,23,26)(H,20,21,22). The van der Waals surface area contributed by atoms with Crippen molar-refractivity contribution in [1.29, 1.82) is 0 Å². The van der Waals surface area contributed by atoms with Crippen LogP contribution in [0.15, 0.2) is 0 Å². The Labute approximate surface area is 155 Å². The van der Waals surface area contributed by atoms with Gasteiger partial charge in [-0.15, -0.1) is 0 Å². The summed E-state index contributed by atoms with van der Waals surface area (Å²) >= 11 is 0. The largest absolute Gasteiger partial charge is 0.451 e. The Morgan fingerprint density at radius 1 is 1.30 bits per heavy atom. The maximum atomic E-state index is 12.9. The van der Waals surface area contributed by atoms with Gasteiger partial charge in [-0.1, -0.05) is 26.2 Å². The molecule has 0 aliphatic carbocycles. The third kappa shape index (κ3) is 7.00. The van der Waals surface area contributed by atoms with Gasteiger partial charge in [0.05, 0.1) is 12.5 Å². The summed E-state index contributed by atoms with van der Waals surface area (Å²) in [6.45, 7) is 4.68. The summed E-state index contributed by atoms with van der Waals surface area (Å²) in [5.74, 6) is -2.79. The van der Waals surface area contributed by atoms with E-state index in [1.165, 1.54) is 13.8 Å². The number of rotatable bonds is 10. The molecule has 1 rings (SSSR count). The summed E-state index contributed by atoms with van der Waals surface area (Å²) in [6.07, 6.45) is -1.65. The van der Waals surface area contributed by atoms with Crippen LogP contribution in [0.25, 0.3) is 0 Å². The fraction of sp³-hybridized carbons (Fsp3) is 0.625. The average Bonchev–Trinajstić information content (AvgIpc) is 2.60. The second kappa shape index (κ2) is 10.0. The monoisotopic (exact) mass is 391 g/mol. The van der Waals surface area contributed by atoms with Crippen molar-refractivity contribution >= 4 is 18.1 Å². The second-order valence-electron chi connectivity index (χ2n) is 6.14. The molecule has 1 atom stereocenters. The van der Waals surface area contributed by atoms with Crippen LogP contribution in [0.4, 0.5) is 19.0 Å². The third-order valence-corrected chi connectivity index (χ3v) is 4.00. The molecule has 0 saturated heterocycles. The van der Waals surface area contributed by atoms with E-state index in [9.17, 15) is 28.0 Å². The number of hydrogen-bond acceptors (Lipinski definition) is 6. The van der Waals surface area contributed by atoms with Crippen molar-refractivity contribution in [3.63, 3.8) is 0 Å². The first kappa shape index (κ1) is 22.6. The highest BCUT2D eigenvalue weighted by molar-refractivity contribution is 5.80. The number of amides is 2. The topological polar surface area (TPSA) is 107 Å². The van der Waals surface area contributed by atoms with E-state index in [0.29, 0.717) is 23.5 Å². The van der Waals surface area contributed by atoms with Crippen LogP contribution in [0.3, 0.4) is 0 Å². The Bertz CT molecular complexity index is 655. The van der Waals surface area contributed by atoms with Gasteiger partial charge in [-0.2, -0.15) is 13.2 Å². The van der Waals surface area contributed by atoms with E-state index in [2.05, 4.69) is 20.8 Å². The zero-order valence-electron chi connectivity index (χ0n) is 15.4.